The summed E-state index contributed by atoms with van der Waals surface area (Å²) in [6, 6.07) is 0. The van der Waals surface area contributed by atoms with Crippen LogP contribution in [0.2, 0.25) is 6.25 Å². The summed E-state index contributed by atoms with van der Waals surface area (Å²) in [5.74, 6) is 0. The van der Waals surface area contributed by atoms with Crippen LogP contribution in [0.1, 0.15) is 67.2 Å². The van der Waals surface area contributed by atoms with Crippen LogP contribution in [0.4, 0.5) is 0 Å². The molecule has 2 aliphatic rings. The minimum Gasteiger partial charge on any atom is -1.00 e. The summed E-state index contributed by atoms with van der Waals surface area (Å²) in [4.78, 5) is 0. The molecule has 0 saturated heterocycles. The maximum absolute atomic E-state index is 2.63. The van der Waals surface area contributed by atoms with E-state index in [4.69, 9.17) is 0 Å². The first kappa shape index (κ1) is 23.4. The molecule has 0 nitrogen and oxygen atoms in total. The molecule has 0 aromatic rings. The fraction of sp³-hybridized carbons (Fsp3) is 0.600. The first-order valence-electron chi connectivity index (χ1n) is 8.43. The number of allylic oxidation sites excluding steroid dienone is 8. The van der Waals surface area contributed by atoms with E-state index in [2.05, 4.69) is 65.8 Å². The molecule has 0 spiro atoms. The predicted molar refractivity (Wildman–Crippen MR) is 90.2 cm³/mol. The van der Waals surface area contributed by atoms with Gasteiger partial charge < -0.3 is 24.8 Å². The molecule has 2 rings (SSSR count). The minimum absolute atomic E-state index is 0. The summed E-state index contributed by atoms with van der Waals surface area (Å²) in [5, 5.41) is 0. The Labute approximate surface area is 167 Å². The van der Waals surface area contributed by atoms with Gasteiger partial charge in [0.15, 0.2) is 0 Å². The van der Waals surface area contributed by atoms with Gasteiger partial charge in [0.05, 0.1) is 0 Å². The van der Waals surface area contributed by atoms with Crippen molar-refractivity contribution in [2.45, 2.75) is 73.5 Å². The normalized spacial score (nSPS) is 28.8. The Hall–Kier alpha value is 0.423. The molecule has 0 N–H and O–H groups in total. The van der Waals surface area contributed by atoms with Gasteiger partial charge in [0.25, 0.3) is 0 Å². The van der Waals surface area contributed by atoms with Crippen molar-refractivity contribution >= 4 is 0 Å². The molecular formula is C20H30Cl2Zr. The Morgan fingerprint density at radius 3 is 1.30 bits per heavy atom. The Morgan fingerprint density at radius 2 is 1.09 bits per heavy atom. The van der Waals surface area contributed by atoms with Gasteiger partial charge in [-0.25, -0.2) is 0 Å². The third-order valence-electron chi connectivity index (χ3n) is 4.98. The van der Waals surface area contributed by atoms with Gasteiger partial charge in [-0.1, -0.05) is 0 Å². The maximum Gasteiger partial charge on any atom is -1.00 e. The summed E-state index contributed by atoms with van der Waals surface area (Å²) in [5.41, 5.74) is 6.28. The topological polar surface area (TPSA) is 0 Å². The number of hydrogen-bond acceptors (Lipinski definition) is 0. The maximum atomic E-state index is 2.63. The molecule has 0 fully saturated rings. The van der Waals surface area contributed by atoms with Crippen molar-refractivity contribution in [1.29, 1.82) is 0 Å². The van der Waals surface area contributed by atoms with Gasteiger partial charge in [-0.15, -0.1) is 0 Å². The van der Waals surface area contributed by atoms with Crippen LogP contribution in [0.5, 0.6) is 0 Å². The average molecular weight is 433 g/mol. The Morgan fingerprint density at radius 1 is 0.739 bits per heavy atom. The van der Waals surface area contributed by atoms with E-state index in [9.17, 15) is 0 Å². The summed E-state index contributed by atoms with van der Waals surface area (Å²) >= 11 is -0.671. The van der Waals surface area contributed by atoms with Crippen molar-refractivity contribution < 1.29 is 48.0 Å². The number of hydrogen-bond donors (Lipinski definition) is 0. The van der Waals surface area contributed by atoms with Gasteiger partial charge in [-0.3, -0.25) is 0 Å². The smallest absolute Gasteiger partial charge is 1.00 e. The molecule has 0 aromatic carbocycles. The van der Waals surface area contributed by atoms with Gasteiger partial charge >= 0.3 is 143 Å². The van der Waals surface area contributed by atoms with Crippen LogP contribution < -0.4 is 24.8 Å². The van der Waals surface area contributed by atoms with E-state index in [1.54, 1.807) is 11.1 Å². The van der Waals surface area contributed by atoms with Crippen molar-refractivity contribution in [3.63, 3.8) is 0 Å². The van der Waals surface area contributed by atoms with Gasteiger partial charge in [0, 0.05) is 0 Å². The second kappa shape index (κ2) is 9.21. The van der Waals surface area contributed by atoms with Crippen LogP contribution in [0, 0.1) is 0 Å². The Kier molecular flexibility index (Phi) is 9.38. The largest absolute Gasteiger partial charge is 1.00 e. The van der Waals surface area contributed by atoms with E-state index in [-0.39, 0.29) is 24.8 Å². The molecule has 0 aromatic heterocycles. The molecule has 0 aliphatic heterocycles. The monoisotopic (exact) mass is 430 g/mol. The first-order chi connectivity index (χ1) is 9.87. The number of halogens is 2. The van der Waals surface area contributed by atoms with Gasteiger partial charge in [-0.05, 0) is 0 Å². The average Bonchev–Trinajstić information content (AvgIpc) is 2.78. The third kappa shape index (κ3) is 4.74. The van der Waals surface area contributed by atoms with Crippen molar-refractivity contribution in [3.8, 4) is 0 Å². The van der Waals surface area contributed by atoms with Crippen molar-refractivity contribution in [2.75, 3.05) is 0 Å². The van der Waals surface area contributed by atoms with E-state index in [0.29, 0.717) is 6.25 Å². The summed E-state index contributed by atoms with van der Waals surface area (Å²) < 4.78 is 0.904. The molecule has 0 amide bonds. The molecular weight excluding hydrogens is 402 g/mol. The van der Waals surface area contributed by atoms with E-state index in [0.717, 1.165) is 0 Å². The summed E-state index contributed by atoms with van der Waals surface area (Å²) in [6.07, 6.45) is 15.4. The SMILES string of the molecule is CCC[C]1([Zr+2][C]2(CCC)C=C(C)C=C2C)C=C(C)C=C1C.[Cl-].[Cl-]. The number of rotatable bonds is 6. The predicted octanol–water partition coefficient (Wildman–Crippen LogP) is 0.807. The first-order valence-corrected chi connectivity index (χ1v) is 10.9. The standard InChI is InChI=1S/2C10H15.2ClH.Zr/c2*1-4-5-10-7-8(2)6-9(10)3;;;/h2*6-7H,4-5H2,1-3H3;2*1H;/q;;;;+2/p-2. The van der Waals surface area contributed by atoms with Crippen molar-refractivity contribution in [3.05, 3.63) is 46.6 Å². The molecule has 2 aliphatic carbocycles. The van der Waals surface area contributed by atoms with Crippen LogP contribution >= 0.6 is 0 Å². The van der Waals surface area contributed by atoms with Crippen LogP contribution in [-0.4, -0.2) is 0 Å². The molecule has 0 saturated carbocycles. The quantitative estimate of drug-likeness (QED) is 0.583. The zero-order valence-electron chi connectivity index (χ0n) is 15.4. The Bertz CT molecular complexity index is 494. The summed E-state index contributed by atoms with van der Waals surface area (Å²) in [7, 11) is 0. The van der Waals surface area contributed by atoms with E-state index in [1.807, 2.05) is 0 Å². The van der Waals surface area contributed by atoms with Crippen molar-refractivity contribution in [2.24, 2.45) is 0 Å². The van der Waals surface area contributed by atoms with E-state index < -0.39 is 23.2 Å². The fourth-order valence-corrected chi connectivity index (χ4v) is 10.7. The van der Waals surface area contributed by atoms with Crippen LogP contribution in [0.3, 0.4) is 0 Å². The molecule has 23 heavy (non-hydrogen) atoms. The van der Waals surface area contributed by atoms with Gasteiger partial charge in [-0.2, -0.15) is 0 Å². The van der Waals surface area contributed by atoms with Crippen LogP contribution in [0.25, 0.3) is 0 Å². The zero-order chi connectivity index (χ0) is 15.7. The van der Waals surface area contributed by atoms with Crippen molar-refractivity contribution in [1.82, 2.24) is 0 Å². The second-order valence-electron chi connectivity index (χ2n) is 7.00. The van der Waals surface area contributed by atoms with E-state index >= 15 is 0 Å². The molecule has 3 heteroatoms. The summed E-state index contributed by atoms with van der Waals surface area (Å²) in [6.45, 7) is 14.0. The fourth-order valence-electron chi connectivity index (χ4n) is 4.15. The zero-order valence-corrected chi connectivity index (χ0v) is 19.4. The van der Waals surface area contributed by atoms with Gasteiger partial charge in [0.1, 0.15) is 0 Å². The molecule has 0 radical (unpaired) electrons. The van der Waals surface area contributed by atoms with E-state index in [1.165, 1.54) is 36.8 Å². The van der Waals surface area contributed by atoms with Crippen LogP contribution in [0.15, 0.2) is 46.6 Å². The minimum atomic E-state index is -0.671. The van der Waals surface area contributed by atoms with Gasteiger partial charge in [0.2, 0.25) is 0 Å². The second-order valence-corrected chi connectivity index (χ2v) is 12.0. The third-order valence-corrected chi connectivity index (χ3v) is 11.0. The molecule has 128 valence electrons. The molecule has 0 bridgehead atoms. The molecule has 2 atom stereocenters. The van der Waals surface area contributed by atoms with Crippen LogP contribution in [-0.2, 0) is 23.2 Å². The molecule has 2 unspecified atom stereocenters. The Balaban J connectivity index is 0.00000242. The molecule has 0 heterocycles.